The van der Waals surface area contributed by atoms with Crippen LogP contribution in [0.1, 0.15) is 45.7 Å². The molecule has 2 atom stereocenters. The first-order valence-electron chi connectivity index (χ1n) is 7.77. The summed E-state index contributed by atoms with van der Waals surface area (Å²) in [6, 6.07) is 3.27. The number of halogens is 1. The summed E-state index contributed by atoms with van der Waals surface area (Å²) in [7, 11) is 0. The van der Waals surface area contributed by atoms with Gasteiger partial charge in [-0.3, -0.25) is 4.98 Å². The molecule has 2 heteroatoms. The second-order valence-corrected chi connectivity index (χ2v) is 5.87. The molecule has 2 rings (SSSR count). The molecule has 0 radical (unpaired) electrons. The van der Waals surface area contributed by atoms with E-state index in [1.807, 2.05) is 0 Å². The van der Waals surface area contributed by atoms with E-state index in [-0.39, 0.29) is 11.2 Å². The molecule has 1 aliphatic carbocycles. The van der Waals surface area contributed by atoms with Crippen molar-refractivity contribution in [3.05, 3.63) is 60.2 Å². The molecule has 0 spiro atoms. The molecule has 112 valence electrons. The van der Waals surface area contributed by atoms with Crippen LogP contribution < -0.4 is 0 Å². The van der Waals surface area contributed by atoms with Gasteiger partial charge >= 0.3 is 0 Å². The Morgan fingerprint density at radius 3 is 2.81 bits per heavy atom. The molecular formula is C19H24FN. The zero-order valence-corrected chi connectivity index (χ0v) is 13.1. The zero-order valence-electron chi connectivity index (χ0n) is 13.1. The van der Waals surface area contributed by atoms with E-state index in [2.05, 4.69) is 56.1 Å². The number of hydrogen-bond acceptors (Lipinski definition) is 1. The lowest BCUT2D eigenvalue weighted by atomic mass is 9.67. The molecule has 1 aromatic heterocycles. The van der Waals surface area contributed by atoms with Crippen molar-refractivity contribution in [3.63, 3.8) is 0 Å². The predicted octanol–water partition coefficient (Wildman–Crippen LogP) is 5.56. The van der Waals surface area contributed by atoms with Gasteiger partial charge in [-0.05, 0) is 48.3 Å². The summed E-state index contributed by atoms with van der Waals surface area (Å²) in [6.07, 6.45) is 15.4. The van der Waals surface area contributed by atoms with Gasteiger partial charge in [0, 0.05) is 0 Å². The van der Waals surface area contributed by atoms with Crippen LogP contribution in [0, 0.1) is 17.2 Å². The summed E-state index contributed by atoms with van der Waals surface area (Å²) in [5.41, 5.74) is 2.20. The Kier molecular flexibility index (Phi) is 5.11. The topological polar surface area (TPSA) is 12.9 Å². The third kappa shape index (κ3) is 3.49. The standard InChI is InChI=1S/C19H24FN/c1-4-6-13-19(3,5-2)17-10-8-7-9-16(17)18-12-11-15(20)14-21-18/h6-9,11-14,17H,4-5,10H2,1-3H3. The van der Waals surface area contributed by atoms with Crippen LogP contribution >= 0.6 is 0 Å². The highest BCUT2D eigenvalue weighted by Gasteiger charge is 2.33. The number of pyridine rings is 1. The minimum atomic E-state index is -0.286. The molecule has 21 heavy (non-hydrogen) atoms. The fourth-order valence-corrected chi connectivity index (χ4v) is 2.93. The molecule has 0 saturated carbocycles. The normalized spacial score (nSPS) is 21.3. The molecule has 2 unspecified atom stereocenters. The van der Waals surface area contributed by atoms with Crippen LogP contribution in [0.15, 0.2) is 48.7 Å². The Labute approximate surface area is 127 Å². The largest absolute Gasteiger partial charge is 0.254 e. The lowest BCUT2D eigenvalue weighted by Crippen LogP contribution is -2.27. The number of hydrogen-bond donors (Lipinski definition) is 0. The Bertz CT molecular complexity index is 553. The summed E-state index contributed by atoms with van der Waals surface area (Å²) < 4.78 is 13.1. The SMILES string of the molecule is CCC=CC(C)(CC)C1CC=CC=C1c1ccc(F)cn1. The molecule has 1 nitrogen and oxygen atoms in total. The highest BCUT2D eigenvalue weighted by atomic mass is 19.1. The quantitative estimate of drug-likeness (QED) is 0.645. The van der Waals surface area contributed by atoms with E-state index in [1.54, 1.807) is 6.07 Å². The molecular weight excluding hydrogens is 261 g/mol. The Balaban J connectivity index is 2.38. The second-order valence-electron chi connectivity index (χ2n) is 5.87. The lowest BCUT2D eigenvalue weighted by Gasteiger charge is -2.37. The van der Waals surface area contributed by atoms with Gasteiger partial charge in [0.25, 0.3) is 0 Å². The van der Waals surface area contributed by atoms with Gasteiger partial charge in [-0.15, -0.1) is 0 Å². The first-order chi connectivity index (χ1) is 10.1. The maximum absolute atomic E-state index is 13.1. The van der Waals surface area contributed by atoms with Gasteiger partial charge in [-0.2, -0.15) is 0 Å². The van der Waals surface area contributed by atoms with E-state index >= 15 is 0 Å². The van der Waals surface area contributed by atoms with Crippen molar-refractivity contribution in [3.8, 4) is 0 Å². The van der Waals surface area contributed by atoms with Crippen molar-refractivity contribution in [2.75, 3.05) is 0 Å². The molecule has 0 aliphatic heterocycles. The summed E-state index contributed by atoms with van der Waals surface area (Å²) in [5, 5.41) is 0. The zero-order chi connectivity index (χ0) is 15.3. The minimum Gasteiger partial charge on any atom is -0.254 e. The van der Waals surface area contributed by atoms with Gasteiger partial charge < -0.3 is 0 Å². The van der Waals surface area contributed by atoms with Crippen molar-refractivity contribution >= 4 is 5.57 Å². The number of allylic oxidation sites excluding steroid dienone is 6. The smallest absolute Gasteiger partial charge is 0.141 e. The fraction of sp³-hybridized carbons (Fsp3) is 0.421. The molecule has 1 heterocycles. The first kappa shape index (κ1) is 15.7. The van der Waals surface area contributed by atoms with Gasteiger partial charge in [-0.1, -0.05) is 51.2 Å². The average molecular weight is 285 g/mol. The molecule has 0 aromatic carbocycles. The summed E-state index contributed by atoms with van der Waals surface area (Å²) in [4.78, 5) is 4.28. The fourth-order valence-electron chi connectivity index (χ4n) is 2.93. The summed E-state index contributed by atoms with van der Waals surface area (Å²) in [6.45, 7) is 6.69. The van der Waals surface area contributed by atoms with Crippen molar-refractivity contribution in [1.29, 1.82) is 0 Å². The predicted molar refractivity (Wildman–Crippen MR) is 87.2 cm³/mol. The van der Waals surface area contributed by atoms with Crippen molar-refractivity contribution < 1.29 is 4.39 Å². The van der Waals surface area contributed by atoms with Gasteiger partial charge in [0.2, 0.25) is 0 Å². The Morgan fingerprint density at radius 1 is 1.38 bits per heavy atom. The van der Waals surface area contributed by atoms with Crippen LogP contribution in [0.5, 0.6) is 0 Å². The van der Waals surface area contributed by atoms with Crippen LogP contribution in [-0.4, -0.2) is 4.98 Å². The molecule has 0 N–H and O–H groups in total. The first-order valence-corrected chi connectivity index (χ1v) is 7.77. The minimum absolute atomic E-state index is 0.0999. The average Bonchev–Trinajstić information content (AvgIpc) is 2.53. The van der Waals surface area contributed by atoms with Gasteiger partial charge in [0.05, 0.1) is 11.9 Å². The van der Waals surface area contributed by atoms with Gasteiger partial charge in [-0.25, -0.2) is 4.39 Å². The van der Waals surface area contributed by atoms with E-state index in [0.29, 0.717) is 5.92 Å². The van der Waals surface area contributed by atoms with Gasteiger partial charge in [0.1, 0.15) is 5.82 Å². The molecule has 0 amide bonds. The monoisotopic (exact) mass is 285 g/mol. The van der Waals surface area contributed by atoms with E-state index in [0.717, 1.165) is 25.0 Å². The summed E-state index contributed by atoms with van der Waals surface area (Å²) in [5.74, 6) is 0.0969. The number of nitrogens with zero attached hydrogens (tertiary/aromatic N) is 1. The number of aromatic nitrogens is 1. The highest BCUT2D eigenvalue weighted by Crippen LogP contribution is 2.44. The summed E-state index contributed by atoms with van der Waals surface area (Å²) >= 11 is 0. The molecule has 0 saturated heterocycles. The number of rotatable bonds is 5. The van der Waals surface area contributed by atoms with Crippen molar-refractivity contribution in [2.24, 2.45) is 11.3 Å². The maximum Gasteiger partial charge on any atom is 0.141 e. The highest BCUT2D eigenvalue weighted by molar-refractivity contribution is 5.68. The van der Waals surface area contributed by atoms with Crippen molar-refractivity contribution in [2.45, 2.75) is 40.0 Å². The van der Waals surface area contributed by atoms with Crippen LogP contribution in [-0.2, 0) is 0 Å². The Morgan fingerprint density at radius 2 is 2.19 bits per heavy atom. The molecule has 1 aromatic rings. The van der Waals surface area contributed by atoms with Crippen LogP contribution in [0.3, 0.4) is 0 Å². The third-order valence-corrected chi connectivity index (χ3v) is 4.47. The van der Waals surface area contributed by atoms with Gasteiger partial charge in [0.15, 0.2) is 0 Å². The van der Waals surface area contributed by atoms with E-state index in [4.69, 9.17) is 0 Å². The van der Waals surface area contributed by atoms with Crippen LogP contribution in [0.25, 0.3) is 5.57 Å². The third-order valence-electron chi connectivity index (χ3n) is 4.47. The van der Waals surface area contributed by atoms with Crippen LogP contribution in [0.2, 0.25) is 0 Å². The van der Waals surface area contributed by atoms with E-state index in [1.165, 1.54) is 17.8 Å². The van der Waals surface area contributed by atoms with Crippen molar-refractivity contribution in [1.82, 2.24) is 4.98 Å². The Hall–Kier alpha value is -1.70. The lowest BCUT2D eigenvalue weighted by molar-refractivity contribution is 0.305. The second kappa shape index (κ2) is 6.84. The molecule has 0 fully saturated rings. The van der Waals surface area contributed by atoms with Crippen LogP contribution in [0.4, 0.5) is 4.39 Å². The molecule has 1 aliphatic rings. The molecule has 0 bridgehead atoms. The van der Waals surface area contributed by atoms with E-state index in [9.17, 15) is 4.39 Å². The van der Waals surface area contributed by atoms with E-state index < -0.39 is 0 Å². The maximum atomic E-state index is 13.1.